The zero-order chi connectivity index (χ0) is 25.7. The van der Waals surface area contributed by atoms with Crippen LogP contribution in [0.15, 0.2) is 65.1 Å². The monoisotopic (exact) mass is 481 g/mol. The third kappa shape index (κ3) is 4.50. The van der Waals surface area contributed by atoms with Crippen molar-refractivity contribution < 1.29 is 9.21 Å². The van der Waals surface area contributed by atoms with Crippen molar-refractivity contribution in [3.63, 3.8) is 0 Å². The summed E-state index contributed by atoms with van der Waals surface area (Å²) in [6, 6.07) is 20.0. The van der Waals surface area contributed by atoms with Crippen molar-refractivity contribution >= 4 is 11.7 Å². The molecule has 0 bridgehead atoms. The van der Waals surface area contributed by atoms with Crippen molar-refractivity contribution in [3.05, 3.63) is 100 Å². The van der Waals surface area contributed by atoms with E-state index in [-0.39, 0.29) is 16.7 Å². The number of anilines is 1. The molecule has 0 aliphatic heterocycles. The quantitative estimate of drug-likeness (QED) is 0.326. The van der Waals surface area contributed by atoms with Crippen LogP contribution in [0.25, 0.3) is 5.69 Å². The number of fused-ring (bicyclic) bond motifs is 1. The molecule has 0 spiro atoms. The highest BCUT2D eigenvalue weighted by molar-refractivity contribution is 6.02. The first-order chi connectivity index (χ1) is 17.0. The van der Waals surface area contributed by atoms with E-state index in [4.69, 9.17) is 4.42 Å². The third-order valence-electron chi connectivity index (χ3n) is 7.63. The molecule has 0 saturated heterocycles. The number of nitrogens with one attached hydrogen (secondary N) is 1. The Kier molecular flexibility index (Phi) is 5.90. The average Bonchev–Trinajstić information content (AvgIpc) is 3.45. The maximum atomic E-state index is 13.0. The van der Waals surface area contributed by atoms with Crippen molar-refractivity contribution in [2.24, 2.45) is 0 Å². The Balaban J connectivity index is 1.37. The lowest BCUT2D eigenvalue weighted by Gasteiger charge is -2.42. The minimum Gasteiger partial charge on any atom is -0.456 e. The van der Waals surface area contributed by atoms with E-state index in [1.54, 1.807) is 10.7 Å². The number of hydrogen-bond donors (Lipinski definition) is 1. The van der Waals surface area contributed by atoms with Crippen molar-refractivity contribution in [2.45, 2.75) is 71.6 Å². The molecule has 0 saturated carbocycles. The summed E-state index contributed by atoms with van der Waals surface area (Å²) >= 11 is 0. The lowest BCUT2D eigenvalue weighted by Crippen LogP contribution is -2.34. The molecule has 2 aromatic heterocycles. The molecule has 0 fully saturated rings. The van der Waals surface area contributed by atoms with Gasteiger partial charge in [-0.25, -0.2) is 4.68 Å². The number of hydrogen-bond acceptors (Lipinski definition) is 3. The molecule has 0 atom stereocenters. The third-order valence-corrected chi connectivity index (χ3v) is 7.63. The maximum Gasteiger partial charge on any atom is 0.292 e. The highest BCUT2D eigenvalue weighted by atomic mass is 16.3. The topological polar surface area (TPSA) is 60.1 Å². The predicted octanol–water partition coefficient (Wildman–Crippen LogP) is 7.27. The molecule has 0 unspecified atom stereocenters. The van der Waals surface area contributed by atoms with Crippen LogP contribution >= 0.6 is 0 Å². The Morgan fingerprint density at radius 2 is 1.61 bits per heavy atom. The van der Waals surface area contributed by atoms with Gasteiger partial charge in [-0.1, -0.05) is 58.0 Å². The molecule has 5 heteroatoms. The standard InChI is InChI=1S/C31H35N3O2/c1-20-16-25-26(31(5,6)15-14-30(25,3)4)19-22(20)18-24-12-13-27(36-24)29(35)32-28-17-21(2)33-34(28)23-10-8-7-9-11-23/h7-13,16-17,19H,14-15,18H2,1-6H3,(H,32,35). The highest BCUT2D eigenvalue weighted by Gasteiger charge is 2.37. The van der Waals surface area contributed by atoms with Crippen molar-refractivity contribution in [1.29, 1.82) is 0 Å². The number of nitrogens with zero attached hydrogens (tertiary/aromatic N) is 2. The van der Waals surface area contributed by atoms with E-state index < -0.39 is 0 Å². The summed E-state index contributed by atoms with van der Waals surface area (Å²) in [6.07, 6.45) is 3.04. The number of amides is 1. The summed E-state index contributed by atoms with van der Waals surface area (Å²) in [4.78, 5) is 13.0. The number of furan rings is 1. The number of aryl methyl sites for hydroxylation is 2. The zero-order valence-corrected chi connectivity index (χ0v) is 22.1. The summed E-state index contributed by atoms with van der Waals surface area (Å²) in [7, 11) is 0. The Morgan fingerprint density at radius 3 is 2.31 bits per heavy atom. The molecule has 1 amide bonds. The van der Waals surface area contributed by atoms with Gasteiger partial charge in [0.25, 0.3) is 5.91 Å². The first kappa shape index (κ1) is 24.1. The van der Waals surface area contributed by atoms with Gasteiger partial charge in [-0.3, -0.25) is 4.79 Å². The van der Waals surface area contributed by atoms with E-state index in [1.807, 2.05) is 49.4 Å². The summed E-state index contributed by atoms with van der Waals surface area (Å²) in [5.41, 5.74) is 7.47. The number of para-hydroxylation sites is 1. The number of rotatable bonds is 5. The molecule has 2 heterocycles. The van der Waals surface area contributed by atoms with E-state index in [2.05, 4.69) is 57.2 Å². The van der Waals surface area contributed by atoms with Crippen molar-refractivity contribution in [2.75, 3.05) is 5.32 Å². The Bertz CT molecular complexity index is 1420. The number of aromatic nitrogens is 2. The molecule has 1 aliphatic carbocycles. The van der Waals surface area contributed by atoms with Gasteiger partial charge in [-0.15, -0.1) is 0 Å². The molecule has 2 aromatic carbocycles. The van der Waals surface area contributed by atoms with E-state index >= 15 is 0 Å². The molecule has 4 aromatic rings. The van der Waals surface area contributed by atoms with Gasteiger partial charge in [0.1, 0.15) is 11.6 Å². The molecule has 5 nitrogen and oxygen atoms in total. The fourth-order valence-corrected chi connectivity index (χ4v) is 5.27. The lowest BCUT2D eigenvalue weighted by molar-refractivity contribution is 0.0994. The average molecular weight is 482 g/mol. The van der Waals surface area contributed by atoms with Crippen LogP contribution in [0.3, 0.4) is 0 Å². The Labute approximate surface area is 213 Å². The largest absolute Gasteiger partial charge is 0.456 e. The van der Waals surface area contributed by atoms with Crippen molar-refractivity contribution in [1.82, 2.24) is 9.78 Å². The van der Waals surface area contributed by atoms with Gasteiger partial charge >= 0.3 is 0 Å². The molecule has 1 N–H and O–H groups in total. The van der Waals surface area contributed by atoms with Gasteiger partial charge in [0.15, 0.2) is 5.76 Å². The van der Waals surface area contributed by atoms with Gasteiger partial charge in [-0.05, 0) is 84.0 Å². The van der Waals surface area contributed by atoms with Crippen LogP contribution in [-0.4, -0.2) is 15.7 Å². The Morgan fingerprint density at radius 1 is 0.944 bits per heavy atom. The smallest absolute Gasteiger partial charge is 0.292 e. The van der Waals surface area contributed by atoms with Gasteiger partial charge in [-0.2, -0.15) is 5.10 Å². The molecular formula is C31H35N3O2. The summed E-state index contributed by atoms with van der Waals surface area (Å²) < 4.78 is 7.76. The van der Waals surface area contributed by atoms with Gasteiger partial charge < -0.3 is 9.73 Å². The van der Waals surface area contributed by atoms with Crippen LogP contribution in [0.5, 0.6) is 0 Å². The second-order valence-electron chi connectivity index (χ2n) is 11.4. The van der Waals surface area contributed by atoms with Crippen molar-refractivity contribution in [3.8, 4) is 5.69 Å². The first-order valence-corrected chi connectivity index (χ1v) is 12.7. The van der Waals surface area contributed by atoms with Crippen LogP contribution < -0.4 is 5.32 Å². The summed E-state index contributed by atoms with van der Waals surface area (Å²) in [6.45, 7) is 13.5. The van der Waals surface area contributed by atoms with E-state index in [9.17, 15) is 4.79 Å². The van der Waals surface area contributed by atoms with Crippen LogP contribution in [0.1, 0.15) is 84.8 Å². The van der Waals surface area contributed by atoms with E-state index in [0.717, 1.165) is 17.1 Å². The Hall–Kier alpha value is -3.60. The first-order valence-electron chi connectivity index (χ1n) is 12.7. The molecule has 36 heavy (non-hydrogen) atoms. The summed E-state index contributed by atoms with van der Waals surface area (Å²) in [5.74, 6) is 1.39. The van der Waals surface area contributed by atoms with E-state index in [0.29, 0.717) is 18.0 Å². The van der Waals surface area contributed by atoms with Crippen LogP contribution in [0.2, 0.25) is 0 Å². The molecule has 1 aliphatic rings. The normalized spacial score (nSPS) is 15.9. The molecular weight excluding hydrogens is 446 g/mol. The second kappa shape index (κ2) is 8.81. The molecule has 0 radical (unpaired) electrons. The SMILES string of the molecule is Cc1cc(NC(=O)c2ccc(Cc3cc4c(cc3C)C(C)(C)CCC4(C)C)o2)n(-c2ccccc2)n1. The lowest BCUT2D eigenvalue weighted by atomic mass is 9.62. The molecule has 5 rings (SSSR count). The minimum absolute atomic E-state index is 0.154. The minimum atomic E-state index is -0.289. The van der Waals surface area contributed by atoms with Gasteiger partial charge in [0.2, 0.25) is 0 Å². The number of carbonyl (C=O) groups is 1. The van der Waals surface area contributed by atoms with E-state index in [1.165, 1.54) is 35.1 Å². The maximum absolute atomic E-state index is 13.0. The zero-order valence-electron chi connectivity index (χ0n) is 22.1. The van der Waals surface area contributed by atoms with Crippen LogP contribution in [0.4, 0.5) is 5.82 Å². The molecule has 186 valence electrons. The van der Waals surface area contributed by atoms with Crippen LogP contribution in [0, 0.1) is 13.8 Å². The predicted molar refractivity (Wildman–Crippen MR) is 144 cm³/mol. The van der Waals surface area contributed by atoms with Crippen LogP contribution in [-0.2, 0) is 17.3 Å². The van der Waals surface area contributed by atoms with Gasteiger partial charge in [0.05, 0.1) is 11.4 Å². The summed E-state index contributed by atoms with van der Waals surface area (Å²) in [5, 5.41) is 7.49. The number of benzene rings is 2. The second-order valence-corrected chi connectivity index (χ2v) is 11.4. The number of carbonyl (C=O) groups excluding carboxylic acids is 1. The highest BCUT2D eigenvalue weighted by Crippen LogP contribution is 2.46. The fraction of sp³-hybridized carbons (Fsp3) is 0.355. The van der Waals surface area contributed by atoms with Gasteiger partial charge in [0, 0.05) is 12.5 Å². The fourth-order valence-electron chi connectivity index (χ4n) is 5.27.